The number of nitrogens with zero attached hydrogens (tertiary/aromatic N) is 2. The van der Waals surface area contributed by atoms with E-state index >= 15 is 0 Å². The number of aliphatic imine (C=N–C) groups is 1. The van der Waals surface area contributed by atoms with E-state index in [-0.39, 0.29) is 22.3 Å². The van der Waals surface area contributed by atoms with E-state index in [0.29, 0.717) is 22.0 Å². The number of amidine groups is 1. The van der Waals surface area contributed by atoms with Gasteiger partial charge in [-0.05, 0) is 67.6 Å². The van der Waals surface area contributed by atoms with Gasteiger partial charge in [-0.1, -0.05) is 23.7 Å². The third kappa shape index (κ3) is 4.76. The third-order valence-electron chi connectivity index (χ3n) is 5.09. The van der Waals surface area contributed by atoms with Crippen molar-refractivity contribution in [1.82, 2.24) is 4.90 Å². The van der Waals surface area contributed by atoms with E-state index in [9.17, 15) is 18.8 Å². The molecule has 0 aliphatic carbocycles. The Bertz CT molecular complexity index is 1260. The van der Waals surface area contributed by atoms with Crippen LogP contribution in [0.3, 0.4) is 0 Å². The summed E-state index contributed by atoms with van der Waals surface area (Å²) >= 11 is 6.88. The maximum absolute atomic E-state index is 13.6. The Morgan fingerprint density at radius 3 is 2.50 bits per heavy atom. The zero-order chi connectivity index (χ0) is 24.4. The van der Waals surface area contributed by atoms with Gasteiger partial charge < -0.3 is 10.1 Å². The summed E-state index contributed by atoms with van der Waals surface area (Å²) in [6.07, 6.45) is 1.19. The molecule has 1 atom stereocenters. The van der Waals surface area contributed by atoms with Crippen molar-refractivity contribution in [2.24, 2.45) is 4.99 Å². The van der Waals surface area contributed by atoms with Gasteiger partial charge in [0.1, 0.15) is 5.82 Å². The molecule has 0 unspecified atom stereocenters. The molecule has 0 radical (unpaired) electrons. The van der Waals surface area contributed by atoms with Crippen LogP contribution in [-0.4, -0.2) is 34.5 Å². The Kier molecular flexibility index (Phi) is 6.85. The fourth-order valence-corrected chi connectivity index (χ4v) is 4.67. The molecule has 0 saturated carbocycles. The number of esters is 1. The maximum Gasteiger partial charge on any atom is 0.338 e. The summed E-state index contributed by atoms with van der Waals surface area (Å²) in [5.41, 5.74) is 1.54. The average Bonchev–Trinajstić information content (AvgIpc) is 2.80. The van der Waals surface area contributed by atoms with Gasteiger partial charge in [0.25, 0.3) is 11.8 Å². The maximum atomic E-state index is 13.6. The van der Waals surface area contributed by atoms with E-state index in [1.54, 1.807) is 38.1 Å². The fourth-order valence-electron chi connectivity index (χ4n) is 3.56. The second-order valence-corrected chi connectivity index (χ2v) is 8.79. The number of hydrogen-bond donors (Lipinski definition) is 1. The highest BCUT2D eigenvalue weighted by Gasteiger charge is 2.42. The molecule has 1 N–H and O–H groups in total. The van der Waals surface area contributed by atoms with Crippen LogP contribution in [0.25, 0.3) is 0 Å². The fraction of sp³-hybridized carbons (Fsp3) is 0.167. The molecule has 0 fully saturated rings. The number of carbonyl (C=O) groups is 3. The Labute approximate surface area is 204 Å². The van der Waals surface area contributed by atoms with Gasteiger partial charge in [-0.15, -0.1) is 0 Å². The molecule has 10 heteroatoms. The first kappa shape index (κ1) is 23.7. The lowest BCUT2D eigenvalue weighted by Crippen LogP contribution is -2.45. The number of allylic oxidation sites excluding steroid dienone is 1. The smallest absolute Gasteiger partial charge is 0.338 e. The monoisotopic (exact) mass is 499 g/mol. The lowest BCUT2D eigenvalue weighted by Gasteiger charge is -2.38. The molecule has 2 amide bonds. The van der Waals surface area contributed by atoms with E-state index in [1.165, 1.54) is 35.2 Å². The molecule has 7 nitrogen and oxygen atoms in total. The number of thioether (sulfide) groups is 1. The zero-order valence-electron chi connectivity index (χ0n) is 18.2. The van der Waals surface area contributed by atoms with Crippen molar-refractivity contribution in [3.05, 3.63) is 87.2 Å². The highest BCUT2D eigenvalue weighted by Crippen LogP contribution is 2.42. The number of hydrogen-bond acceptors (Lipinski definition) is 6. The van der Waals surface area contributed by atoms with Crippen LogP contribution >= 0.6 is 23.4 Å². The Morgan fingerprint density at radius 2 is 1.85 bits per heavy atom. The van der Waals surface area contributed by atoms with Crippen molar-refractivity contribution in [3.8, 4) is 0 Å². The molecule has 0 saturated heterocycles. The predicted octanol–water partition coefficient (Wildman–Crippen LogP) is 4.82. The number of anilines is 1. The van der Waals surface area contributed by atoms with Crippen molar-refractivity contribution in [1.29, 1.82) is 0 Å². The highest BCUT2D eigenvalue weighted by molar-refractivity contribution is 8.18. The first-order valence-corrected chi connectivity index (χ1v) is 11.5. The molecule has 2 aromatic rings. The van der Waals surface area contributed by atoms with Gasteiger partial charge in [-0.3, -0.25) is 14.5 Å². The van der Waals surface area contributed by atoms with Crippen LogP contribution in [-0.2, 0) is 19.1 Å². The van der Waals surface area contributed by atoms with Crippen molar-refractivity contribution < 1.29 is 23.5 Å². The second-order valence-electron chi connectivity index (χ2n) is 7.35. The lowest BCUT2D eigenvalue weighted by molar-refractivity contribution is -0.139. The summed E-state index contributed by atoms with van der Waals surface area (Å²) in [7, 11) is 0. The average molecular weight is 500 g/mol. The van der Waals surface area contributed by atoms with Crippen molar-refractivity contribution >= 4 is 52.0 Å². The number of halogens is 2. The number of carbonyl (C=O) groups excluding carboxylic acids is 3. The SMILES string of the molecule is CCOC(=O)C1=C(C)N=C2SC(C(=O)Nc3ccc(Cl)cc3)=CC(=O)N2[C@H]1c1ccc(F)cc1. The first-order chi connectivity index (χ1) is 16.3. The van der Waals surface area contributed by atoms with Crippen molar-refractivity contribution in [3.63, 3.8) is 0 Å². The van der Waals surface area contributed by atoms with Crippen LogP contribution in [0.4, 0.5) is 10.1 Å². The summed E-state index contributed by atoms with van der Waals surface area (Å²) in [4.78, 5) is 44.7. The molecule has 0 aromatic heterocycles. The topological polar surface area (TPSA) is 88.1 Å². The lowest BCUT2D eigenvalue weighted by atomic mass is 9.94. The highest BCUT2D eigenvalue weighted by atomic mass is 35.5. The summed E-state index contributed by atoms with van der Waals surface area (Å²) in [5.74, 6) is -2.10. The van der Waals surface area contributed by atoms with E-state index in [0.717, 1.165) is 11.8 Å². The van der Waals surface area contributed by atoms with E-state index < -0.39 is 29.6 Å². The predicted molar refractivity (Wildman–Crippen MR) is 129 cm³/mol. The largest absolute Gasteiger partial charge is 0.463 e. The summed E-state index contributed by atoms with van der Waals surface area (Å²) in [6.45, 7) is 3.44. The zero-order valence-corrected chi connectivity index (χ0v) is 19.7. The number of rotatable bonds is 5. The molecule has 174 valence electrons. The standard InChI is InChI=1S/C24H19ClFN3O4S/c1-3-33-23(32)20-13(2)27-24-29(21(20)14-4-8-16(26)9-5-14)19(30)12-18(34-24)22(31)28-17-10-6-15(25)7-11-17/h4-12,21H,3H2,1-2H3,(H,28,31)/t21-/m0/s1. The molecule has 0 spiro atoms. The molecular formula is C24H19ClFN3O4S. The van der Waals surface area contributed by atoms with Crippen LogP contribution in [0.2, 0.25) is 5.02 Å². The van der Waals surface area contributed by atoms with E-state index in [2.05, 4.69) is 10.3 Å². The quantitative estimate of drug-likeness (QED) is 0.596. The Morgan fingerprint density at radius 1 is 1.18 bits per heavy atom. The molecule has 2 aromatic carbocycles. The van der Waals surface area contributed by atoms with Crippen molar-refractivity contribution in [2.45, 2.75) is 19.9 Å². The summed E-state index contributed by atoms with van der Waals surface area (Å²) in [5, 5.41) is 3.48. The van der Waals surface area contributed by atoms with Crippen LogP contribution < -0.4 is 5.32 Å². The van der Waals surface area contributed by atoms with Gasteiger partial charge in [-0.25, -0.2) is 14.2 Å². The van der Waals surface area contributed by atoms with Crippen LogP contribution in [0.5, 0.6) is 0 Å². The third-order valence-corrected chi connectivity index (χ3v) is 6.34. The van der Waals surface area contributed by atoms with Crippen LogP contribution in [0.15, 0.2) is 75.8 Å². The normalized spacial score (nSPS) is 17.6. The molecule has 2 heterocycles. The second kappa shape index (κ2) is 9.82. The number of nitrogens with one attached hydrogen (secondary N) is 1. The van der Waals surface area contributed by atoms with Crippen LogP contribution in [0.1, 0.15) is 25.5 Å². The number of ether oxygens (including phenoxy) is 1. The molecule has 4 rings (SSSR count). The minimum atomic E-state index is -0.885. The molecule has 34 heavy (non-hydrogen) atoms. The van der Waals surface area contributed by atoms with Gasteiger partial charge in [0.2, 0.25) is 0 Å². The first-order valence-electron chi connectivity index (χ1n) is 10.3. The minimum Gasteiger partial charge on any atom is -0.463 e. The van der Waals surface area contributed by atoms with Gasteiger partial charge in [0.05, 0.1) is 28.8 Å². The summed E-state index contributed by atoms with van der Waals surface area (Å²) in [6, 6.07) is 11.2. The van der Waals surface area contributed by atoms with Crippen LogP contribution in [0, 0.1) is 5.82 Å². The molecule has 2 aliphatic heterocycles. The van der Waals surface area contributed by atoms with Gasteiger partial charge in [-0.2, -0.15) is 0 Å². The van der Waals surface area contributed by atoms with Gasteiger partial charge >= 0.3 is 5.97 Å². The molecule has 2 aliphatic rings. The molecule has 0 bridgehead atoms. The van der Waals surface area contributed by atoms with Gasteiger partial charge in [0.15, 0.2) is 5.17 Å². The van der Waals surface area contributed by atoms with E-state index in [4.69, 9.17) is 16.3 Å². The number of benzene rings is 2. The Balaban J connectivity index is 1.71. The van der Waals surface area contributed by atoms with Gasteiger partial charge in [0, 0.05) is 16.8 Å². The molecular weight excluding hydrogens is 481 g/mol. The number of fused-ring (bicyclic) bond motifs is 1. The van der Waals surface area contributed by atoms with Crippen molar-refractivity contribution in [2.75, 3.05) is 11.9 Å². The van der Waals surface area contributed by atoms with E-state index in [1.807, 2.05) is 0 Å². The number of amides is 2. The summed E-state index contributed by atoms with van der Waals surface area (Å²) < 4.78 is 18.8. The minimum absolute atomic E-state index is 0.139. The Hall–Kier alpha value is -3.43.